The summed E-state index contributed by atoms with van der Waals surface area (Å²) in [6, 6.07) is 16.0. The maximum absolute atomic E-state index is 14.1. The van der Waals surface area contributed by atoms with Crippen LogP contribution in [0.4, 0.5) is 0 Å². The predicted molar refractivity (Wildman–Crippen MR) is 153 cm³/mol. The zero-order chi connectivity index (χ0) is 27.7. The minimum absolute atomic E-state index is 0.0633. The monoisotopic (exact) mass is 545 g/mol. The number of benzene rings is 3. The first-order valence-electron chi connectivity index (χ1n) is 13.3. The van der Waals surface area contributed by atoms with Gasteiger partial charge in [-0.25, -0.2) is 0 Å². The molecule has 0 bridgehead atoms. The zero-order valence-electron chi connectivity index (χ0n) is 22.7. The number of hydrogen-bond donors (Lipinski definition) is 0. The summed E-state index contributed by atoms with van der Waals surface area (Å²) in [5.41, 5.74) is 3.80. The van der Waals surface area contributed by atoms with Crippen molar-refractivity contribution in [2.45, 2.75) is 52.6 Å². The molecule has 0 saturated heterocycles. The standard InChI is InChI=1S/C32H32ClNO5/c1-5-6-9-14-38-24-13-12-21(17-25(24)37-4)29-28-30(35)27-20(3)15-19(2)16-26(27)39-31(28)32(36)34(29)18-22-10-7-8-11-23(22)33/h7-8,10-13,15-17,29H,5-6,9,14,18H2,1-4H3. The molecule has 39 heavy (non-hydrogen) atoms. The van der Waals surface area contributed by atoms with E-state index in [-0.39, 0.29) is 23.6 Å². The number of rotatable bonds is 9. The van der Waals surface area contributed by atoms with Crippen LogP contribution >= 0.6 is 11.6 Å². The molecule has 1 unspecified atom stereocenters. The summed E-state index contributed by atoms with van der Waals surface area (Å²) in [5.74, 6) is 0.872. The zero-order valence-corrected chi connectivity index (χ0v) is 23.4. The molecular weight excluding hydrogens is 514 g/mol. The second kappa shape index (κ2) is 11.1. The van der Waals surface area contributed by atoms with E-state index < -0.39 is 6.04 Å². The normalized spacial score (nSPS) is 14.6. The maximum Gasteiger partial charge on any atom is 0.291 e. The van der Waals surface area contributed by atoms with Crippen molar-refractivity contribution < 1.29 is 18.7 Å². The van der Waals surface area contributed by atoms with E-state index in [1.54, 1.807) is 24.1 Å². The van der Waals surface area contributed by atoms with Gasteiger partial charge in [0.15, 0.2) is 16.9 Å². The average Bonchev–Trinajstić information content (AvgIpc) is 3.19. The minimum Gasteiger partial charge on any atom is -0.493 e. The molecule has 4 aromatic rings. The van der Waals surface area contributed by atoms with Crippen LogP contribution in [0.3, 0.4) is 0 Å². The quantitative estimate of drug-likeness (QED) is 0.205. The van der Waals surface area contributed by atoms with Gasteiger partial charge in [-0.3, -0.25) is 9.59 Å². The van der Waals surface area contributed by atoms with Gasteiger partial charge in [0.2, 0.25) is 5.76 Å². The van der Waals surface area contributed by atoms with Crippen molar-refractivity contribution in [1.29, 1.82) is 0 Å². The van der Waals surface area contributed by atoms with Gasteiger partial charge in [0.25, 0.3) is 5.91 Å². The number of fused-ring (bicyclic) bond motifs is 2. The molecule has 202 valence electrons. The number of unbranched alkanes of at least 4 members (excludes halogenated alkanes) is 2. The fraction of sp³-hybridized carbons (Fsp3) is 0.312. The molecule has 2 heterocycles. The lowest BCUT2D eigenvalue weighted by Gasteiger charge is -2.26. The molecule has 3 aromatic carbocycles. The number of aryl methyl sites for hydroxylation is 2. The van der Waals surface area contributed by atoms with Crippen molar-refractivity contribution in [2.24, 2.45) is 0 Å². The largest absolute Gasteiger partial charge is 0.493 e. The highest BCUT2D eigenvalue weighted by molar-refractivity contribution is 6.31. The van der Waals surface area contributed by atoms with Crippen LogP contribution in [0.15, 0.2) is 63.8 Å². The number of nitrogens with zero attached hydrogens (tertiary/aromatic N) is 1. The molecular formula is C32H32ClNO5. The number of amides is 1. The lowest BCUT2D eigenvalue weighted by atomic mass is 9.96. The van der Waals surface area contributed by atoms with Crippen LogP contribution < -0.4 is 14.9 Å². The van der Waals surface area contributed by atoms with Crippen LogP contribution in [-0.2, 0) is 6.54 Å². The first-order valence-corrected chi connectivity index (χ1v) is 13.6. The van der Waals surface area contributed by atoms with Gasteiger partial charge in [-0.2, -0.15) is 0 Å². The molecule has 1 atom stereocenters. The van der Waals surface area contributed by atoms with Crippen LogP contribution in [0.1, 0.15) is 70.6 Å². The third-order valence-corrected chi connectivity index (χ3v) is 7.59. The van der Waals surface area contributed by atoms with E-state index in [4.69, 9.17) is 25.5 Å². The maximum atomic E-state index is 14.1. The Morgan fingerprint density at radius 2 is 1.79 bits per heavy atom. The Bertz CT molecular complexity index is 1610. The Labute approximate surface area is 233 Å². The van der Waals surface area contributed by atoms with E-state index in [1.807, 2.05) is 56.3 Å². The average molecular weight is 546 g/mol. The first-order chi connectivity index (χ1) is 18.8. The van der Waals surface area contributed by atoms with Gasteiger partial charge < -0.3 is 18.8 Å². The lowest BCUT2D eigenvalue weighted by Crippen LogP contribution is -2.29. The highest BCUT2D eigenvalue weighted by atomic mass is 35.5. The lowest BCUT2D eigenvalue weighted by molar-refractivity contribution is 0.0714. The van der Waals surface area contributed by atoms with E-state index >= 15 is 0 Å². The second-order valence-corrected chi connectivity index (χ2v) is 10.4. The Hall–Kier alpha value is -3.77. The van der Waals surface area contributed by atoms with Crippen molar-refractivity contribution in [2.75, 3.05) is 13.7 Å². The number of carbonyl (C=O) groups excluding carboxylic acids is 1. The number of methoxy groups -OCH3 is 1. The highest BCUT2D eigenvalue weighted by Crippen LogP contribution is 2.42. The Morgan fingerprint density at radius 3 is 2.54 bits per heavy atom. The predicted octanol–water partition coefficient (Wildman–Crippen LogP) is 7.39. The molecule has 0 aliphatic carbocycles. The molecule has 1 aliphatic rings. The van der Waals surface area contributed by atoms with E-state index in [0.717, 1.165) is 41.5 Å². The van der Waals surface area contributed by atoms with Crippen molar-refractivity contribution in [3.8, 4) is 11.5 Å². The summed E-state index contributed by atoms with van der Waals surface area (Å²) in [5, 5.41) is 1.03. The smallest absolute Gasteiger partial charge is 0.291 e. The Balaban J connectivity index is 1.66. The van der Waals surface area contributed by atoms with E-state index in [9.17, 15) is 9.59 Å². The summed E-state index contributed by atoms with van der Waals surface area (Å²) < 4.78 is 17.8. The molecule has 0 saturated carbocycles. The van der Waals surface area contributed by atoms with Gasteiger partial charge in [-0.1, -0.05) is 61.7 Å². The molecule has 1 amide bonds. The minimum atomic E-state index is -0.687. The highest BCUT2D eigenvalue weighted by Gasteiger charge is 2.43. The van der Waals surface area contributed by atoms with Crippen molar-refractivity contribution in [3.63, 3.8) is 0 Å². The Morgan fingerprint density at radius 1 is 1.00 bits per heavy atom. The summed E-state index contributed by atoms with van der Waals surface area (Å²) in [6.45, 7) is 6.76. The third-order valence-electron chi connectivity index (χ3n) is 7.22. The molecule has 0 spiro atoms. The molecule has 1 aromatic heterocycles. The number of hydrogen-bond acceptors (Lipinski definition) is 5. The Kier molecular flexibility index (Phi) is 7.67. The summed E-state index contributed by atoms with van der Waals surface area (Å²) >= 11 is 6.49. The van der Waals surface area contributed by atoms with Crippen LogP contribution in [0.2, 0.25) is 5.02 Å². The van der Waals surface area contributed by atoms with Crippen LogP contribution in [0.25, 0.3) is 11.0 Å². The molecule has 6 nitrogen and oxygen atoms in total. The van der Waals surface area contributed by atoms with Crippen LogP contribution in [0, 0.1) is 13.8 Å². The fourth-order valence-corrected chi connectivity index (χ4v) is 5.54. The number of ether oxygens (including phenoxy) is 2. The molecule has 1 aliphatic heterocycles. The van der Waals surface area contributed by atoms with Crippen molar-refractivity contribution in [1.82, 2.24) is 4.90 Å². The van der Waals surface area contributed by atoms with E-state index in [0.29, 0.717) is 39.7 Å². The summed E-state index contributed by atoms with van der Waals surface area (Å²) in [6.07, 6.45) is 3.14. The van der Waals surface area contributed by atoms with Gasteiger partial charge in [0, 0.05) is 11.6 Å². The van der Waals surface area contributed by atoms with Gasteiger partial charge in [0.1, 0.15) is 5.58 Å². The number of carbonyl (C=O) groups is 1. The van der Waals surface area contributed by atoms with Crippen molar-refractivity contribution in [3.05, 3.63) is 103 Å². The van der Waals surface area contributed by atoms with Crippen LogP contribution in [-0.4, -0.2) is 24.5 Å². The van der Waals surface area contributed by atoms with Crippen LogP contribution in [0.5, 0.6) is 11.5 Å². The van der Waals surface area contributed by atoms with Gasteiger partial charge in [-0.15, -0.1) is 0 Å². The molecule has 0 radical (unpaired) electrons. The van der Waals surface area contributed by atoms with Gasteiger partial charge in [0.05, 0.1) is 30.7 Å². The van der Waals surface area contributed by atoms with Crippen molar-refractivity contribution >= 4 is 28.5 Å². The first kappa shape index (κ1) is 26.8. The SMILES string of the molecule is CCCCCOc1ccc(C2c3c(oc4cc(C)cc(C)c4c3=O)C(=O)N2Cc2ccccc2Cl)cc1OC. The molecule has 5 rings (SSSR count). The van der Waals surface area contributed by atoms with E-state index in [1.165, 1.54) is 0 Å². The summed E-state index contributed by atoms with van der Waals surface area (Å²) in [7, 11) is 1.58. The number of halogens is 1. The van der Waals surface area contributed by atoms with Gasteiger partial charge in [-0.05, 0) is 66.8 Å². The van der Waals surface area contributed by atoms with E-state index in [2.05, 4.69) is 6.92 Å². The molecule has 0 N–H and O–H groups in total. The third kappa shape index (κ3) is 5.01. The molecule has 0 fully saturated rings. The van der Waals surface area contributed by atoms with Gasteiger partial charge >= 0.3 is 0 Å². The topological polar surface area (TPSA) is 69.0 Å². The summed E-state index contributed by atoms with van der Waals surface area (Å²) in [4.78, 5) is 29.6. The second-order valence-electron chi connectivity index (χ2n) is 10.0. The fourth-order valence-electron chi connectivity index (χ4n) is 5.34. The molecule has 7 heteroatoms.